The van der Waals surface area contributed by atoms with Crippen LogP contribution in [-0.2, 0) is 26.6 Å². The van der Waals surface area contributed by atoms with Crippen LogP contribution in [0.2, 0.25) is 0 Å². The van der Waals surface area contributed by atoms with Crippen molar-refractivity contribution in [2.75, 3.05) is 18.1 Å². The van der Waals surface area contributed by atoms with E-state index in [4.69, 9.17) is 0 Å². The van der Waals surface area contributed by atoms with Crippen molar-refractivity contribution in [3.8, 4) is 5.88 Å². The van der Waals surface area contributed by atoms with Crippen molar-refractivity contribution in [3.05, 3.63) is 52.7 Å². The largest absolute Gasteiger partial charge is 0.494 e. The van der Waals surface area contributed by atoms with E-state index in [1.54, 1.807) is 6.92 Å². The van der Waals surface area contributed by atoms with Crippen LogP contribution in [0.1, 0.15) is 52.5 Å². The van der Waals surface area contributed by atoms with Gasteiger partial charge in [-0.3, -0.25) is 14.5 Å². The highest BCUT2D eigenvalue weighted by atomic mass is 32.2. The lowest BCUT2D eigenvalue weighted by Gasteiger charge is -2.33. The maximum atomic E-state index is 13.4. The Hall–Kier alpha value is -3.14. The van der Waals surface area contributed by atoms with Crippen LogP contribution in [0.15, 0.2) is 30.3 Å². The molecule has 2 aromatic rings. The molecule has 1 aliphatic carbocycles. The van der Waals surface area contributed by atoms with Gasteiger partial charge in [0.15, 0.2) is 21.5 Å². The summed E-state index contributed by atoms with van der Waals surface area (Å²) >= 11 is 0. The number of sulfone groups is 1. The molecule has 10 heteroatoms. The lowest BCUT2D eigenvalue weighted by molar-refractivity contribution is -0.131. The molecule has 0 radical (unpaired) electrons. The highest BCUT2D eigenvalue weighted by Gasteiger charge is 2.54. The van der Waals surface area contributed by atoms with Gasteiger partial charge in [-0.2, -0.15) is 0 Å². The zero-order valence-corrected chi connectivity index (χ0v) is 19.0. The van der Waals surface area contributed by atoms with Gasteiger partial charge < -0.3 is 15.0 Å². The van der Waals surface area contributed by atoms with Gasteiger partial charge in [-0.15, -0.1) is 0 Å². The first-order valence-electron chi connectivity index (χ1n) is 11.0. The summed E-state index contributed by atoms with van der Waals surface area (Å²) in [6, 6.07) is 7.74. The molecule has 1 aromatic carbocycles. The normalized spacial score (nSPS) is 26.0. The molecule has 9 nitrogen and oxygen atoms in total. The highest BCUT2D eigenvalue weighted by Crippen LogP contribution is 2.40. The Balaban J connectivity index is 1.41. The SMILES string of the molecule is Cc1c(C(=O)CN2C(=O)NC3(CCCc4ccccc43)C2=O)cc(O)n1C1CCS(=O)(=O)C1. The summed E-state index contributed by atoms with van der Waals surface area (Å²) in [6.07, 6.45) is 2.38. The van der Waals surface area contributed by atoms with E-state index in [0.717, 1.165) is 28.9 Å². The second-order valence-corrected chi connectivity index (χ2v) is 11.3. The fraction of sp³-hybridized carbons (Fsp3) is 0.435. The first-order chi connectivity index (χ1) is 15.6. The summed E-state index contributed by atoms with van der Waals surface area (Å²) in [5, 5.41) is 13.3. The molecule has 0 bridgehead atoms. The van der Waals surface area contributed by atoms with Crippen LogP contribution in [0.4, 0.5) is 4.79 Å². The van der Waals surface area contributed by atoms with Crippen molar-refractivity contribution in [3.63, 3.8) is 0 Å². The van der Waals surface area contributed by atoms with Gasteiger partial charge in [-0.1, -0.05) is 24.3 Å². The lowest BCUT2D eigenvalue weighted by Crippen LogP contribution is -2.46. The van der Waals surface area contributed by atoms with Crippen LogP contribution < -0.4 is 5.32 Å². The molecule has 2 fully saturated rings. The van der Waals surface area contributed by atoms with E-state index in [-0.39, 0.29) is 22.9 Å². The number of carbonyl (C=O) groups excluding carboxylic acids is 3. The molecule has 1 aromatic heterocycles. The van der Waals surface area contributed by atoms with Crippen molar-refractivity contribution < 1.29 is 27.9 Å². The number of hydrogen-bond donors (Lipinski definition) is 2. The zero-order chi connectivity index (χ0) is 23.5. The number of nitrogens with one attached hydrogen (secondary N) is 1. The van der Waals surface area contributed by atoms with Crippen molar-refractivity contribution >= 4 is 27.6 Å². The van der Waals surface area contributed by atoms with Gasteiger partial charge in [-0.05, 0) is 43.7 Å². The van der Waals surface area contributed by atoms with Crippen LogP contribution in [0.5, 0.6) is 5.88 Å². The molecule has 174 valence electrons. The quantitative estimate of drug-likeness (QED) is 0.518. The monoisotopic (exact) mass is 471 g/mol. The number of rotatable bonds is 4. The smallest absolute Gasteiger partial charge is 0.325 e. The topological polar surface area (TPSA) is 126 Å². The summed E-state index contributed by atoms with van der Waals surface area (Å²) in [6.45, 7) is 1.17. The van der Waals surface area contributed by atoms with Gasteiger partial charge in [0.2, 0.25) is 0 Å². The fourth-order valence-electron chi connectivity index (χ4n) is 5.51. The molecular formula is C23H25N3O6S. The van der Waals surface area contributed by atoms with Gasteiger partial charge in [0.25, 0.3) is 5.91 Å². The third-order valence-electron chi connectivity index (χ3n) is 7.10. The Kier molecular flexibility index (Phi) is 4.89. The minimum absolute atomic E-state index is 0.0318. The van der Waals surface area contributed by atoms with Gasteiger partial charge >= 0.3 is 6.03 Å². The van der Waals surface area contributed by atoms with Crippen LogP contribution >= 0.6 is 0 Å². The molecule has 2 N–H and O–H groups in total. The number of fused-ring (bicyclic) bond motifs is 2. The average molecular weight is 472 g/mol. The van der Waals surface area contributed by atoms with Crippen LogP contribution in [-0.4, -0.2) is 58.8 Å². The summed E-state index contributed by atoms with van der Waals surface area (Å²) in [4.78, 5) is 40.3. The first kappa shape index (κ1) is 21.7. The number of aromatic nitrogens is 1. The van der Waals surface area contributed by atoms with Crippen molar-refractivity contribution in [2.24, 2.45) is 0 Å². The van der Waals surface area contributed by atoms with E-state index in [1.807, 2.05) is 24.3 Å². The zero-order valence-electron chi connectivity index (χ0n) is 18.2. The third kappa shape index (κ3) is 3.35. The number of aryl methyl sites for hydroxylation is 1. The Morgan fingerprint density at radius 3 is 2.76 bits per heavy atom. The minimum atomic E-state index is -3.18. The molecule has 2 atom stereocenters. The number of urea groups is 1. The van der Waals surface area contributed by atoms with Crippen LogP contribution in [0, 0.1) is 6.92 Å². The number of benzene rings is 1. The van der Waals surface area contributed by atoms with Gasteiger partial charge in [0, 0.05) is 17.3 Å². The highest BCUT2D eigenvalue weighted by molar-refractivity contribution is 7.91. The molecule has 1 spiro atoms. The van der Waals surface area contributed by atoms with E-state index in [2.05, 4.69) is 5.32 Å². The van der Waals surface area contributed by atoms with Crippen molar-refractivity contribution in [1.29, 1.82) is 0 Å². The van der Waals surface area contributed by atoms with E-state index < -0.39 is 45.7 Å². The van der Waals surface area contributed by atoms with Crippen LogP contribution in [0.25, 0.3) is 0 Å². The number of Topliss-reactive ketones (excluding diaryl/α,β-unsaturated/α-hetero) is 1. The number of hydrogen-bond acceptors (Lipinski definition) is 6. The maximum Gasteiger partial charge on any atom is 0.325 e. The number of nitrogens with zero attached hydrogens (tertiary/aromatic N) is 2. The Morgan fingerprint density at radius 2 is 2.03 bits per heavy atom. The van der Waals surface area contributed by atoms with E-state index in [9.17, 15) is 27.9 Å². The number of carbonyl (C=O) groups is 3. The number of amides is 3. The van der Waals surface area contributed by atoms with E-state index >= 15 is 0 Å². The minimum Gasteiger partial charge on any atom is -0.494 e. The number of aromatic hydroxyl groups is 1. The summed E-state index contributed by atoms with van der Waals surface area (Å²) in [7, 11) is -3.18. The van der Waals surface area contributed by atoms with Gasteiger partial charge in [0.1, 0.15) is 5.54 Å². The van der Waals surface area contributed by atoms with Gasteiger partial charge in [0.05, 0.1) is 24.1 Å². The number of imide groups is 1. The molecule has 33 heavy (non-hydrogen) atoms. The summed E-state index contributed by atoms with van der Waals surface area (Å²) < 4.78 is 25.2. The molecule has 5 rings (SSSR count). The molecule has 3 heterocycles. The average Bonchev–Trinajstić information content (AvgIpc) is 3.35. The predicted octanol–water partition coefficient (Wildman–Crippen LogP) is 1.83. The van der Waals surface area contributed by atoms with Gasteiger partial charge in [-0.25, -0.2) is 13.2 Å². The second kappa shape index (κ2) is 7.44. The van der Waals surface area contributed by atoms with E-state index in [1.165, 1.54) is 10.6 Å². The lowest BCUT2D eigenvalue weighted by atomic mass is 9.76. The standard InChI is InChI=1S/C23H25N3O6S/c1-14-17(11-20(28)26(14)16-8-10-33(31,32)13-16)19(27)12-25-21(29)23(24-22(25)30)9-4-6-15-5-2-3-7-18(15)23/h2-3,5,7,11,16,28H,4,6,8-10,12-13H2,1H3,(H,24,30). The van der Waals surface area contributed by atoms with Crippen molar-refractivity contribution in [1.82, 2.24) is 14.8 Å². The van der Waals surface area contributed by atoms with E-state index in [0.29, 0.717) is 18.5 Å². The predicted molar refractivity (Wildman–Crippen MR) is 119 cm³/mol. The Bertz CT molecular complexity index is 1300. The van der Waals surface area contributed by atoms with Crippen LogP contribution in [0.3, 0.4) is 0 Å². The molecule has 2 aliphatic heterocycles. The molecule has 2 unspecified atom stereocenters. The Labute approximate surface area is 191 Å². The Morgan fingerprint density at radius 1 is 1.27 bits per heavy atom. The summed E-state index contributed by atoms with van der Waals surface area (Å²) in [5.41, 5.74) is 1.21. The second-order valence-electron chi connectivity index (χ2n) is 9.09. The third-order valence-corrected chi connectivity index (χ3v) is 8.85. The maximum absolute atomic E-state index is 13.4. The van der Waals surface area contributed by atoms with Crippen molar-refractivity contribution in [2.45, 2.75) is 44.2 Å². The molecule has 2 saturated heterocycles. The molecule has 3 amide bonds. The fourth-order valence-corrected chi connectivity index (χ4v) is 7.21. The number of ketones is 1. The molecular weight excluding hydrogens is 446 g/mol. The summed E-state index contributed by atoms with van der Waals surface area (Å²) in [5.74, 6) is -1.21. The first-order valence-corrected chi connectivity index (χ1v) is 12.8. The molecule has 0 saturated carbocycles. The molecule has 3 aliphatic rings.